The largest absolute Gasteiger partial charge is 0.284 e. The molecule has 4 rings (SSSR count). The Labute approximate surface area is 179 Å². The van der Waals surface area contributed by atoms with Crippen LogP contribution in [0, 0.1) is 6.92 Å². The first-order valence-electron chi connectivity index (χ1n) is 9.39. The maximum absolute atomic E-state index is 13.1. The molecule has 1 atom stereocenters. The number of hydrazone groups is 1. The van der Waals surface area contributed by atoms with E-state index < -0.39 is 10.0 Å². The van der Waals surface area contributed by atoms with E-state index in [1.165, 1.54) is 11.3 Å². The zero-order chi connectivity index (χ0) is 21.3. The summed E-state index contributed by atoms with van der Waals surface area (Å²) in [5.74, 6) is -0.123. The van der Waals surface area contributed by atoms with E-state index >= 15 is 0 Å². The molecule has 0 aliphatic carbocycles. The van der Waals surface area contributed by atoms with Crippen molar-refractivity contribution < 1.29 is 13.2 Å². The van der Waals surface area contributed by atoms with E-state index in [-0.39, 0.29) is 11.9 Å². The summed E-state index contributed by atoms with van der Waals surface area (Å²) in [6.45, 7) is 2.03. The SMILES string of the molecule is Cc1cccc([C@@H]2CC(c3ccc(NS(C)(=O)=O)cc3)=NN2C(=O)c2cccs2)c1. The number of carbonyl (C=O) groups excluding carboxylic acids is 1. The Bertz CT molecular complexity index is 1200. The Kier molecular flexibility index (Phi) is 5.44. The van der Waals surface area contributed by atoms with E-state index in [0.29, 0.717) is 17.0 Å². The molecule has 1 aliphatic rings. The van der Waals surface area contributed by atoms with Gasteiger partial charge in [0.15, 0.2) is 0 Å². The number of hydrogen-bond acceptors (Lipinski definition) is 5. The van der Waals surface area contributed by atoms with Crippen LogP contribution in [0.2, 0.25) is 0 Å². The molecule has 1 aromatic heterocycles. The summed E-state index contributed by atoms with van der Waals surface area (Å²) in [7, 11) is -3.34. The zero-order valence-corrected chi connectivity index (χ0v) is 18.2. The van der Waals surface area contributed by atoms with Gasteiger partial charge < -0.3 is 0 Å². The topological polar surface area (TPSA) is 78.8 Å². The van der Waals surface area contributed by atoms with Crippen molar-refractivity contribution in [3.05, 3.63) is 87.6 Å². The van der Waals surface area contributed by atoms with E-state index in [1.807, 2.05) is 48.7 Å². The van der Waals surface area contributed by atoms with Gasteiger partial charge in [-0.05, 0) is 41.6 Å². The molecule has 2 heterocycles. The molecular formula is C22H21N3O3S2. The van der Waals surface area contributed by atoms with Gasteiger partial charge in [0, 0.05) is 12.1 Å². The molecular weight excluding hydrogens is 418 g/mol. The van der Waals surface area contributed by atoms with Crippen molar-refractivity contribution >= 4 is 38.7 Å². The molecule has 8 heteroatoms. The highest BCUT2D eigenvalue weighted by Gasteiger charge is 2.34. The molecule has 0 bridgehead atoms. The fourth-order valence-electron chi connectivity index (χ4n) is 3.47. The van der Waals surface area contributed by atoms with Crippen LogP contribution in [0.15, 0.2) is 71.1 Å². The van der Waals surface area contributed by atoms with Crippen molar-refractivity contribution in [3.63, 3.8) is 0 Å². The molecule has 0 radical (unpaired) electrons. The standard InChI is InChI=1S/C22H21N3O3S2/c1-15-5-3-6-17(13-15)20-14-19(23-25(20)22(26)21-7-4-12-29-21)16-8-10-18(11-9-16)24-30(2,27)28/h3-13,20,24H,14H2,1-2H3/t20-/m0/s1. The van der Waals surface area contributed by atoms with Crippen LogP contribution in [0.3, 0.4) is 0 Å². The van der Waals surface area contributed by atoms with Gasteiger partial charge in [-0.3, -0.25) is 9.52 Å². The number of thiophene rings is 1. The van der Waals surface area contributed by atoms with Crippen LogP contribution in [0.25, 0.3) is 0 Å². The third-order valence-corrected chi connectivity index (χ3v) is 6.26. The number of amides is 1. The first-order chi connectivity index (χ1) is 14.3. The third-order valence-electron chi connectivity index (χ3n) is 4.80. The van der Waals surface area contributed by atoms with E-state index in [9.17, 15) is 13.2 Å². The van der Waals surface area contributed by atoms with E-state index in [2.05, 4.69) is 15.9 Å². The fraction of sp³-hybridized carbons (Fsp3) is 0.182. The molecule has 6 nitrogen and oxygen atoms in total. The molecule has 3 aromatic rings. The molecule has 30 heavy (non-hydrogen) atoms. The van der Waals surface area contributed by atoms with Crippen LogP contribution in [-0.2, 0) is 10.0 Å². The minimum Gasteiger partial charge on any atom is -0.284 e. The molecule has 1 aliphatic heterocycles. The van der Waals surface area contributed by atoms with Gasteiger partial charge in [0.1, 0.15) is 0 Å². The van der Waals surface area contributed by atoms with Crippen LogP contribution in [0.5, 0.6) is 0 Å². The van der Waals surface area contributed by atoms with Crippen LogP contribution in [-0.4, -0.2) is 31.3 Å². The highest BCUT2D eigenvalue weighted by molar-refractivity contribution is 7.92. The second-order valence-electron chi connectivity index (χ2n) is 7.26. The second-order valence-corrected chi connectivity index (χ2v) is 9.96. The minimum absolute atomic E-state index is 0.123. The van der Waals surface area contributed by atoms with Crippen molar-refractivity contribution in [3.8, 4) is 0 Å². The van der Waals surface area contributed by atoms with Gasteiger partial charge in [-0.25, -0.2) is 13.4 Å². The summed E-state index contributed by atoms with van der Waals surface area (Å²) < 4.78 is 25.3. The van der Waals surface area contributed by atoms with Crippen molar-refractivity contribution in [1.29, 1.82) is 0 Å². The Hall–Kier alpha value is -2.97. The minimum atomic E-state index is -3.34. The Morgan fingerprint density at radius 3 is 2.53 bits per heavy atom. The predicted molar refractivity (Wildman–Crippen MR) is 120 cm³/mol. The Morgan fingerprint density at radius 1 is 1.13 bits per heavy atom. The highest BCUT2D eigenvalue weighted by Crippen LogP contribution is 2.35. The number of nitrogens with one attached hydrogen (secondary N) is 1. The number of benzene rings is 2. The normalized spacial score (nSPS) is 16.4. The summed E-state index contributed by atoms with van der Waals surface area (Å²) in [6.07, 6.45) is 1.70. The number of hydrogen-bond donors (Lipinski definition) is 1. The first-order valence-corrected chi connectivity index (χ1v) is 12.2. The molecule has 0 saturated heterocycles. The first kappa shape index (κ1) is 20.3. The molecule has 0 unspecified atom stereocenters. The number of nitrogens with zero attached hydrogens (tertiary/aromatic N) is 2. The van der Waals surface area contributed by atoms with Crippen LogP contribution >= 0.6 is 11.3 Å². The Balaban J connectivity index is 1.67. The molecule has 154 valence electrons. The average molecular weight is 440 g/mol. The monoisotopic (exact) mass is 439 g/mol. The summed E-state index contributed by atoms with van der Waals surface area (Å²) in [5, 5.41) is 8.12. The van der Waals surface area contributed by atoms with Crippen LogP contribution in [0.4, 0.5) is 5.69 Å². The maximum atomic E-state index is 13.1. The van der Waals surface area contributed by atoms with Crippen LogP contribution in [0.1, 0.15) is 38.8 Å². The van der Waals surface area contributed by atoms with Crippen molar-refractivity contribution in [2.75, 3.05) is 11.0 Å². The van der Waals surface area contributed by atoms with Gasteiger partial charge >= 0.3 is 0 Å². The smallest absolute Gasteiger partial charge is 0.284 e. The van der Waals surface area contributed by atoms with E-state index in [4.69, 9.17) is 0 Å². The van der Waals surface area contributed by atoms with Crippen molar-refractivity contribution in [2.24, 2.45) is 5.10 Å². The van der Waals surface area contributed by atoms with Gasteiger partial charge in [-0.2, -0.15) is 5.10 Å². The van der Waals surface area contributed by atoms with Crippen LogP contribution < -0.4 is 4.72 Å². The lowest BCUT2D eigenvalue weighted by atomic mass is 9.97. The lowest BCUT2D eigenvalue weighted by Gasteiger charge is -2.21. The van der Waals surface area contributed by atoms with E-state index in [0.717, 1.165) is 28.7 Å². The predicted octanol–water partition coefficient (Wildman–Crippen LogP) is 4.42. The number of aryl methyl sites for hydroxylation is 1. The van der Waals surface area contributed by atoms with Gasteiger partial charge in [0.25, 0.3) is 5.91 Å². The van der Waals surface area contributed by atoms with Crippen molar-refractivity contribution in [1.82, 2.24) is 5.01 Å². The molecule has 1 amide bonds. The molecule has 0 fully saturated rings. The summed E-state index contributed by atoms with van der Waals surface area (Å²) in [4.78, 5) is 13.8. The summed E-state index contributed by atoms with van der Waals surface area (Å²) in [6, 6.07) is 18.6. The molecule has 0 spiro atoms. The molecule has 0 saturated carbocycles. The molecule has 1 N–H and O–H groups in total. The van der Waals surface area contributed by atoms with Gasteiger partial charge in [-0.15, -0.1) is 11.3 Å². The highest BCUT2D eigenvalue weighted by atomic mass is 32.2. The van der Waals surface area contributed by atoms with Crippen molar-refractivity contribution in [2.45, 2.75) is 19.4 Å². The number of rotatable bonds is 5. The fourth-order valence-corrected chi connectivity index (χ4v) is 4.69. The quantitative estimate of drug-likeness (QED) is 0.639. The van der Waals surface area contributed by atoms with E-state index in [1.54, 1.807) is 23.2 Å². The number of sulfonamides is 1. The lowest BCUT2D eigenvalue weighted by molar-refractivity contribution is 0.0716. The number of carbonyl (C=O) groups is 1. The van der Waals surface area contributed by atoms with Gasteiger partial charge in [-0.1, -0.05) is 48.0 Å². The maximum Gasteiger partial charge on any atom is 0.284 e. The molecule has 2 aromatic carbocycles. The Morgan fingerprint density at radius 2 is 1.90 bits per heavy atom. The zero-order valence-electron chi connectivity index (χ0n) is 16.6. The number of anilines is 1. The lowest BCUT2D eigenvalue weighted by Crippen LogP contribution is -2.26. The summed E-state index contributed by atoms with van der Waals surface area (Å²) >= 11 is 1.40. The summed E-state index contributed by atoms with van der Waals surface area (Å²) in [5.41, 5.74) is 4.29. The van der Waals surface area contributed by atoms with Gasteiger partial charge in [0.2, 0.25) is 10.0 Å². The van der Waals surface area contributed by atoms with Gasteiger partial charge in [0.05, 0.1) is 22.9 Å². The third kappa shape index (κ3) is 4.44. The second kappa shape index (κ2) is 8.04. The average Bonchev–Trinajstić information content (AvgIpc) is 3.37.